The summed E-state index contributed by atoms with van der Waals surface area (Å²) in [5.41, 5.74) is 7.46. The van der Waals surface area contributed by atoms with Crippen molar-refractivity contribution < 1.29 is 14.6 Å². The largest absolute Gasteiger partial charge is 0.494 e. The Labute approximate surface area is 113 Å². The minimum absolute atomic E-state index is 0.156. The Morgan fingerprint density at radius 3 is 2.84 bits per heavy atom. The van der Waals surface area contributed by atoms with Gasteiger partial charge in [0, 0.05) is 13.1 Å². The summed E-state index contributed by atoms with van der Waals surface area (Å²) in [5, 5.41) is 9.05. The maximum absolute atomic E-state index is 11.0. The number of nitrogens with two attached hydrogens (primary N) is 1. The molecule has 5 heteroatoms. The van der Waals surface area contributed by atoms with Crippen LogP contribution < -0.4 is 15.4 Å². The minimum Gasteiger partial charge on any atom is -0.494 e. The topological polar surface area (TPSA) is 75.8 Å². The van der Waals surface area contributed by atoms with Crippen molar-refractivity contribution in [2.24, 2.45) is 5.92 Å². The van der Waals surface area contributed by atoms with Gasteiger partial charge in [-0.1, -0.05) is 6.92 Å². The van der Waals surface area contributed by atoms with E-state index in [0.717, 1.165) is 25.2 Å². The molecule has 0 amide bonds. The maximum atomic E-state index is 11.0. The van der Waals surface area contributed by atoms with Gasteiger partial charge < -0.3 is 20.5 Å². The van der Waals surface area contributed by atoms with Crippen molar-refractivity contribution in [1.29, 1.82) is 0 Å². The van der Waals surface area contributed by atoms with Gasteiger partial charge in [0.2, 0.25) is 0 Å². The monoisotopic (exact) mass is 264 g/mol. The van der Waals surface area contributed by atoms with E-state index < -0.39 is 5.97 Å². The van der Waals surface area contributed by atoms with Crippen LogP contribution in [0, 0.1) is 5.92 Å². The van der Waals surface area contributed by atoms with E-state index in [2.05, 4.69) is 11.8 Å². The lowest BCUT2D eigenvalue weighted by Gasteiger charge is -2.34. The standard InChI is InChI=1S/C14H20N2O3/c1-9-4-3-5-16(8-9)13-11(15)6-10(14(17)18)7-12(13)19-2/h6-7,9H,3-5,8,15H2,1-2H3,(H,17,18). The lowest BCUT2D eigenvalue weighted by molar-refractivity contribution is 0.0696. The first-order valence-electron chi connectivity index (χ1n) is 6.48. The van der Waals surface area contributed by atoms with Crippen LogP contribution in [0.4, 0.5) is 11.4 Å². The number of piperidine rings is 1. The van der Waals surface area contributed by atoms with Crippen molar-refractivity contribution in [2.45, 2.75) is 19.8 Å². The van der Waals surface area contributed by atoms with Crippen LogP contribution in [-0.4, -0.2) is 31.3 Å². The Hall–Kier alpha value is -1.91. The highest BCUT2D eigenvalue weighted by atomic mass is 16.5. The number of nitrogens with zero attached hydrogens (tertiary/aromatic N) is 1. The van der Waals surface area contributed by atoms with Crippen LogP contribution in [-0.2, 0) is 0 Å². The van der Waals surface area contributed by atoms with Crippen molar-refractivity contribution in [3.8, 4) is 5.75 Å². The fourth-order valence-corrected chi connectivity index (χ4v) is 2.64. The van der Waals surface area contributed by atoms with Crippen LogP contribution >= 0.6 is 0 Å². The van der Waals surface area contributed by atoms with E-state index in [4.69, 9.17) is 15.6 Å². The summed E-state index contributed by atoms with van der Waals surface area (Å²) < 4.78 is 5.32. The van der Waals surface area contributed by atoms with Crippen LogP contribution in [0.5, 0.6) is 5.75 Å². The van der Waals surface area contributed by atoms with Gasteiger partial charge in [0.15, 0.2) is 0 Å². The zero-order valence-corrected chi connectivity index (χ0v) is 11.3. The molecular weight excluding hydrogens is 244 g/mol. The molecule has 19 heavy (non-hydrogen) atoms. The summed E-state index contributed by atoms with van der Waals surface area (Å²) in [7, 11) is 1.54. The van der Waals surface area contributed by atoms with Crippen molar-refractivity contribution in [2.75, 3.05) is 30.8 Å². The Balaban J connectivity index is 2.41. The lowest BCUT2D eigenvalue weighted by atomic mass is 9.99. The van der Waals surface area contributed by atoms with Gasteiger partial charge in [-0.25, -0.2) is 4.79 Å². The van der Waals surface area contributed by atoms with E-state index in [1.807, 2.05) is 0 Å². The second-order valence-electron chi connectivity index (χ2n) is 5.11. The predicted octanol–water partition coefficient (Wildman–Crippen LogP) is 2.21. The second-order valence-corrected chi connectivity index (χ2v) is 5.11. The number of nitrogen functional groups attached to an aromatic ring is 1. The highest BCUT2D eigenvalue weighted by Crippen LogP contribution is 2.37. The third-order valence-corrected chi connectivity index (χ3v) is 3.54. The fraction of sp³-hybridized carbons (Fsp3) is 0.500. The van der Waals surface area contributed by atoms with Gasteiger partial charge >= 0.3 is 5.97 Å². The first-order chi connectivity index (χ1) is 9.02. The number of carbonyl (C=O) groups is 1. The summed E-state index contributed by atoms with van der Waals surface area (Å²) in [4.78, 5) is 13.2. The molecule has 1 saturated heterocycles. The first kappa shape index (κ1) is 13.5. The van der Waals surface area contributed by atoms with E-state index in [0.29, 0.717) is 17.4 Å². The minimum atomic E-state index is -0.997. The zero-order chi connectivity index (χ0) is 14.0. The molecule has 3 N–H and O–H groups in total. The number of anilines is 2. The number of methoxy groups -OCH3 is 1. The average Bonchev–Trinajstić information content (AvgIpc) is 2.37. The lowest BCUT2D eigenvalue weighted by Crippen LogP contribution is -2.35. The molecule has 1 fully saturated rings. The third kappa shape index (κ3) is 2.75. The molecule has 1 unspecified atom stereocenters. The van der Waals surface area contributed by atoms with Crippen molar-refractivity contribution in [1.82, 2.24) is 0 Å². The molecular formula is C14H20N2O3. The van der Waals surface area contributed by atoms with E-state index in [-0.39, 0.29) is 5.56 Å². The van der Waals surface area contributed by atoms with Gasteiger partial charge in [-0.3, -0.25) is 0 Å². The fourth-order valence-electron chi connectivity index (χ4n) is 2.64. The first-order valence-corrected chi connectivity index (χ1v) is 6.48. The highest BCUT2D eigenvalue weighted by Gasteiger charge is 2.23. The molecule has 1 aromatic carbocycles. The number of rotatable bonds is 3. The van der Waals surface area contributed by atoms with E-state index in [9.17, 15) is 4.79 Å². The highest BCUT2D eigenvalue weighted by molar-refractivity contribution is 5.92. The Bertz CT molecular complexity index is 488. The molecule has 2 rings (SSSR count). The van der Waals surface area contributed by atoms with Crippen LogP contribution in [0.25, 0.3) is 0 Å². The van der Waals surface area contributed by atoms with Crippen LogP contribution in [0.15, 0.2) is 12.1 Å². The summed E-state index contributed by atoms with van der Waals surface area (Å²) in [6.07, 6.45) is 2.33. The van der Waals surface area contributed by atoms with Crippen LogP contribution in [0.1, 0.15) is 30.1 Å². The number of aromatic carboxylic acids is 1. The molecule has 5 nitrogen and oxygen atoms in total. The molecule has 104 valence electrons. The molecule has 0 aromatic heterocycles. The molecule has 0 saturated carbocycles. The predicted molar refractivity (Wildman–Crippen MR) is 75.0 cm³/mol. The third-order valence-electron chi connectivity index (χ3n) is 3.54. The van der Waals surface area contributed by atoms with Crippen LogP contribution in [0.2, 0.25) is 0 Å². The van der Waals surface area contributed by atoms with E-state index in [1.165, 1.54) is 25.7 Å². The summed E-state index contributed by atoms with van der Waals surface area (Å²) in [6, 6.07) is 3.03. The summed E-state index contributed by atoms with van der Waals surface area (Å²) >= 11 is 0. The summed E-state index contributed by atoms with van der Waals surface area (Å²) in [5.74, 6) is 0.145. The average molecular weight is 264 g/mol. The molecule has 1 aliphatic heterocycles. The Morgan fingerprint density at radius 1 is 1.53 bits per heavy atom. The maximum Gasteiger partial charge on any atom is 0.335 e. The van der Waals surface area contributed by atoms with Gasteiger partial charge in [0.1, 0.15) is 11.4 Å². The smallest absolute Gasteiger partial charge is 0.335 e. The van der Waals surface area contributed by atoms with Crippen LogP contribution in [0.3, 0.4) is 0 Å². The van der Waals surface area contributed by atoms with Crippen molar-refractivity contribution >= 4 is 17.3 Å². The van der Waals surface area contributed by atoms with Gasteiger partial charge in [0.25, 0.3) is 0 Å². The van der Waals surface area contributed by atoms with Gasteiger partial charge in [0.05, 0.1) is 18.4 Å². The van der Waals surface area contributed by atoms with Gasteiger partial charge in [-0.05, 0) is 30.9 Å². The quantitative estimate of drug-likeness (QED) is 0.819. The zero-order valence-electron chi connectivity index (χ0n) is 11.3. The summed E-state index contributed by atoms with van der Waals surface area (Å²) in [6.45, 7) is 4.06. The number of ether oxygens (including phenoxy) is 1. The normalized spacial score (nSPS) is 19.3. The molecule has 0 spiro atoms. The molecule has 0 radical (unpaired) electrons. The number of hydrogen-bond donors (Lipinski definition) is 2. The van der Waals surface area contributed by atoms with Gasteiger partial charge in [-0.15, -0.1) is 0 Å². The number of carboxylic acids is 1. The number of hydrogen-bond acceptors (Lipinski definition) is 4. The van der Waals surface area contributed by atoms with Crippen molar-refractivity contribution in [3.63, 3.8) is 0 Å². The van der Waals surface area contributed by atoms with E-state index >= 15 is 0 Å². The van der Waals surface area contributed by atoms with Gasteiger partial charge in [-0.2, -0.15) is 0 Å². The Kier molecular flexibility index (Phi) is 3.83. The molecule has 1 aromatic rings. The molecule has 1 atom stereocenters. The van der Waals surface area contributed by atoms with E-state index in [1.54, 1.807) is 0 Å². The molecule has 0 bridgehead atoms. The number of carboxylic acid groups (broad SMARTS) is 1. The molecule has 1 heterocycles. The molecule has 0 aliphatic carbocycles. The Morgan fingerprint density at radius 2 is 2.26 bits per heavy atom. The van der Waals surface area contributed by atoms with Crippen molar-refractivity contribution in [3.05, 3.63) is 17.7 Å². The molecule has 1 aliphatic rings. The second kappa shape index (κ2) is 5.38. The SMILES string of the molecule is COc1cc(C(=O)O)cc(N)c1N1CCCC(C)C1. The number of benzene rings is 1.